The molecule has 1 heteroatoms. The lowest BCUT2D eigenvalue weighted by atomic mass is 10.3. The highest BCUT2D eigenvalue weighted by atomic mass is 15.3. The SMILES string of the molecule is C#C[C](C)[N+](C)(C)C. The van der Waals surface area contributed by atoms with Gasteiger partial charge in [-0.2, -0.15) is 0 Å². The van der Waals surface area contributed by atoms with Gasteiger partial charge in [0.05, 0.1) is 21.1 Å². The third kappa shape index (κ3) is 1.99. The second-order valence-corrected chi connectivity index (χ2v) is 2.74. The highest BCUT2D eigenvalue weighted by molar-refractivity contribution is 5.06. The fraction of sp³-hybridized carbons (Fsp3) is 0.571. The molecule has 0 saturated carbocycles. The third-order valence-electron chi connectivity index (χ3n) is 1.22. The van der Waals surface area contributed by atoms with Gasteiger partial charge >= 0.3 is 0 Å². The maximum atomic E-state index is 5.16. The minimum absolute atomic E-state index is 0.760. The van der Waals surface area contributed by atoms with Gasteiger partial charge in [-0.25, -0.2) is 0 Å². The average molecular weight is 111 g/mol. The fourth-order valence-electron chi connectivity index (χ4n) is 0.194. The number of hydrogen-bond acceptors (Lipinski definition) is 0. The molecule has 0 unspecified atom stereocenters. The molecule has 0 spiro atoms. The van der Waals surface area contributed by atoms with Crippen molar-refractivity contribution in [2.75, 3.05) is 21.1 Å². The molecule has 0 N–H and O–H groups in total. The molecule has 1 nitrogen and oxygen atoms in total. The summed E-state index contributed by atoms with van der Waals surface area (Å²) in [6, 6.07) is 1.05. The Hall–Kier alpha value is -0.480. The molecule has 0 atom stereocenters. The normalized spacial score (nSPS) is 11.5. The molecule has 0 bridgehead atoms. The van der Waals surface area contributed by atoms with Crippen LogP contribution in [0.4, 0.5) is 0 Å². The van der Waals surface area contributed by atoms with Gasteiger partial charge in [-0.15, -0.1) is 6.42 Å². The van der Waals surface area contributed by atoms with Gasteiger partial charge < -0.3 is 4.48 Å². The van der Waals surface area contributed by atoms with Crippen molar-refractivity contribution in [3.8, 4) is 12.3 Å². The van der Waals surface area contributed by atoms with Crippen molar-refractivity contribution in [1.82, 2.24) is 0 Å². The number of rotatable bonds is 1. The maximum Gasteiger partial charge on any atom is 0.223 e. The molecule has 0 aromatic carbocycles. The van der Waals surface area contributed by atoms with E-state index in [-0.39, 0.29) is 0 Å². The quantitative estimate of drug-likeness (QED) is 0.348. The first-order valence-corrected chi connectivity index (χ1v) is 2.60. The predicted octanol–water partition coefficient (Wildman–Crippen LogP) is 0.878. The minimum atomic E-state index is 0.760. The fourth-order valence-corrected chi connectivity index (χ4v) is 0.194. The van der Waals surface area contributed by atoms with Gasteiger partial charge in [-0.05, 0) is 5.92 Å². The summed E-state index contributed by atoms with van der Waals surface area (Å²) in [6.45, 7) is 1.96. The number of nitrogens with zero attached hydrogens (tertiary/aromatic N) is 1. The van der Waals surface area contributed by atoms with E-state index >= 15 is 0 Å². The van der Waals surface area contributed by atoms with Crippen LogP contribution >= 0.6 is 0 Å². The van der Waals surface area contributed by atoms with Crippen LogP contribution in [0.25, 0.3) is 0 Å². The Kier molecular flexibility index (Phi) is 2.06. The molecule has 0 aliphatic heterocycles. The second-order valence-electron chi connectivity index (χ2n) is 2.74. The zero-order valence-corrected chi connectivity index (χ0v) is 6.02. The van der Waals surface area contributed by atoms with Crippen molar-refractivity contribution in [1.29, 1.82) is 0 Å². The monoisotopic (exact) mass is 111 g/mol. The van der Waals surface area contributed by atoms with Gasteiger partial charge in [-0.3, -0.25) is 0 Å². The first-order valence-electron chi connectivity index (χ1n) is 2.60. The van der Waals surface area contributed by atoms with Crippen molar-refractivity contribution in [2.45, 2.75) is 6.92 Å². The molecule has 0 saturated heterocycles. The number of terminal acetylenes is 1. The van der Waals surface area contributed by atoms with Crippen molar-refractivity contribution in [3.05, 3.63) is 6.04 Å². The Morgan fingerprint density at radius 2 is 1.75 bits per heavy atom. The zero-order valence-electron chi connectivity index (χ0n) is 6.02. The van der Waals surface area contributed by atoms with Crippen LogP contribution in [0.2, 0.25) is 0 Å². The molecular formula is C7H13N+. The van der Waals surface area contributed by atoms with Gasteiger partial charge in [0, 0.05) is 6.92 Å². The van der Waals surface area contributed by atoms with E-state index in [1.807, 2.05) is 6.92 Å². The van der Waals surface area contributed by atoms with Crippen LogP contribution in [0.3, 0.4) is 0 Å². The molecule has 0 aliphatic carbocycles. The Morgan fingerprint density at radius 1 is 1.38 bits per heavy atom. The number of quaternary nitrogens is 1. The molecule has 0 amide bonds. The molecule has 8 heavy (non-hydrogen) atoms. The maximum absolute atomic E-state index is 5.16. The highest BCUT2D eigenvalue weighted by Gasteiger charge is 2.16. The average Bonchev–Trinajstić information content (AvgIpc) is 1.62. The summed E-state index contributed by atoms with van der Waals surface area (Å²) in [6.07, 6.45) is 5.16. The summed E-state index contributed by atoms with van der Waals surface area (Å²) in [5.41, 5.74) is 0. The van der Waals surface area contributed by atoms with Crippen LogP contribution in [0, 0.1) is 18.4 Å². The lowest BCUT2D eigenvalue weighted by molar-refractivity contribution is -0.850. The van der Waals surface area contributed by atoms with E-state index in [1.54, 1.807) is 0 Å². The topological polar surface area (TPSA) is 0 Å². The number of hydrogen-bond donors (Lipinski definition) is 0. The minimum Gasteiger partial charge on any atom is -0.310 e. The summed E-state index contributed by atoms with van der Waals surface area (Å²) >= 11 is 0. The molecule has 1 radical (unpaired) electrons. The van der Waals surface area contributed by atoms with Crippen LogP contribution in [0.15, 0.2) is 0 Å². The Balaban J connectivity index is 3.87. The molecule has 45 valence electrons. The molecule has 0 aromatic heterocycles. The van der Waals surface area contributed by atoms with Crippen molar-refractivity contribution in [3.63, 3.8) is 0 Å². The van der Waals surface area contributed by atoms with E-state index < -0.39 is 0 Å². The Bertz CT molecular complexity index is 103. The third-order valence-corrected chi connectivity index (χ3v) is 1.22. The summed E-state index contributed by atoms with van der Waals surface area (Å²) in [5, 5.41) is 0. The largest absolute Gasteiger partial charge is 0.310 e. The lowest BCUT2D eigenvalue weighted by Gasteiger charge is -2.25. The predicted molar refractivity (Wildman–Crippen MR) is 35.8 cm³/mol. The van der Waals surface area contributed by atoms with E-state index in [1.165, 1.54) is 0 Å². The molecule has 0 rings (SSSR count). The lowest BCUT2D eigenvalue weighted by Crippen LogP contribution is -2.36. The summed E-state index contributed by atoms with van der Waals surface area (Å²) < 4.78 is 0.760. The second kappa shape index (κ2) is 2.19. The van der Waals surface area contributed by atoms with Gasteiger partial charge in [0.1, 0.15) is 0 Å². The van der Waals surface area contributed by atoms with E-state index in [0.29, 0.717) is 0 Å². The van der Waals surface area contributed by atoms with Gasteiger partial charge in [0.15, 0.2) is 0 Å². The van der Waals surface area contributed by atoms with Crippen molar-refractivity contribution in [2.24, 2.45) is 0 Å². The van der Waals surface area contributed by atoms with Crippen LogP contribution in [0.5, 0.6) is 0 Å². The van der Waals surface area contributed by atoms with E-state index in [2.05, 4.69) is 27.1 Å². The van der Waals surface area contributed by atoms with Crippen LogP contribution in [0.1, 0.15) is 6.92 Å². The summed E-state index contributed by atoms with van der Waals surface area (Å²) in [7, 11) is 6.15. The first-order chi connectivity index (χ1) is 3.48. The standard InChI is InChI=1S/C7H13N/c1-6-7(2)8(3,4)5/h1H,2-5H3/q+1. The molecule has 0 heterocycles. The molecule has 0 fully saturated rings. The van der Waals surface area contributed by atoms with E-state index in [9.17, 15) is 0 Å². The highest BCUT2D eigenvalue weighted by Crippen LogP contribution is 2.06. The van der Waals surface area contributed by atoms with Gasteiger partial charge in [0.25, 0.3) is 0 Å². The summed E-state index contributed by atoms with van der Waals surface area (Å²) in [5.74, 6) is 2.59. The van der Waals surface area contributed by atoms with Crippen molar-refractivity contribution < 1.29 is 4.48 Å². The molecule has 0 aromatic rings. The van der Waals surface area contributed by atoms with Crippen LogP contribution in [-0.4, -0.2) is 25.6 Å². The van der Waals surface area contributed by atoms with Crippen LogP contribution in [-0.2, 0) is 0 Å². The van der Waals surface area contributed by atoms with E-state index in [4.69, 9.17) is 6.42 Å². The Morgan fingerprint density at radius 3 is 1.75 bits per heavy atom. The zero-order chi connectivity index (χ0) is 6.78. The molecule has 0 aliphatic rings. The molecular weight excluding hydrogens is 98.1 g/mol. The Labute approximate surface area is 51.9 Å². The van der Waals surface area contributed by atoms with Gasteiger partial charge in [-0.1, -0.05) is 0 Å². The van der Waals surface area contributed by atoms with Crippen LogP contribution < -0.4 is 0 Å². The van der Waals surface area contributed by atoms with Gasteiger partial charge in [0.2, 0.25) is 6.04 Å². The van der Waals surface area contributed by atoms with Crippen molar-refractivity contribution >= 4 is 0 Å². The summed E-state index contributed by atoms with van der Waals surface area (Å²) in [4.78, 5) is 0. The van der Waals surface area contributed by atoms with E-state index in [0.717, 1.165) is 10.5 Å². The first kappa shape index (κ1) is 7.52. The smallest absolute Gasteiger partial charge is 0.223 e.